The third kappa shape index (κ3) is 4.64. The maximum atomic E-state index is 14.6. The van der Waals surface area contributed by atoms with Gasteiger partial charge in [0.05, 0.1) is 13.2 Å². The molecule has 0 saturated heterocycles. The van der Waals surface area contributed by atoms with Gasteiger partial charge in [-0.25, -0.2) is 8.78 Å². The van der Waals surface area contributed by atoms with E-state index in [9.17, 15) is 13.2 Å². The number of halogens is 4. The average Bonchev–Trinajstić information content (AvgIpc) is 2.63. The second-order valence-electron chi connectivity index (χ2n) is 5.88. The van der Waals surface area contributed by atoms with E-state index in [1.807, 2.05) is 13.8 Å². The van der Waals surface area contributed by atoms with E-state index in [1.165, 1.54) is 24.3 Å². The summed E-state index contributed by atoms with van der Waals surface area (Å²) in [6.45, 7) is 4.66. The summed E-state index contributed by atoms with van der Waals surface area (Å²) in [5.74, 6) is -3.17. The molecule has 0 aliphatic carbocycles. The van der Waals surface area contributed by atoms with Gasteiger partial charge < -0.3 is 9.47 Å². The lowest BCUT2D eigenvalue weighted by Gasteiger charge is -2.13. The van der Waals surface area contributed by atoms with Crippen molar-refractivity contribution in [3.05, 3.63) is 46.7 Å². The van der Waals surface area contributed by atoms with Crippen molar-refractivity contribution in [1.82, 2.24) is 0 Å². The lowest BCUT2D eigenvalue weighted by atomic mass is 10.0. The average molecular weight is 387 g/mol. The highest BCUT2D eigenvalue weighted by molar-refractivity contribution is 6.32. The first kappa shape index (κ1) is 20.4. The molecule has 0 atom stereocenters. The predicted octanol–water partition coefficient (Wildman–Crippen LogP) is 6.78. The normalized spacial score (nSPS) is 10.8. The molecule has 0 bridgehead atoms. The van der Waals surface area contributed by atoms with Crippen molar-refractivity contribution >= 4 is 11.6 Å². The van der Waals surface area contributed by atoms with Gasteiger partial charge in [0.15, 0.2) is 17.4 Å². The molecule has 2 rings (SSSR count). The van der Waals surface area contributed by atoms with Crippen molar-refractivity contribution in [2.24, 2.45) is 0 Å². The first-order valence-electron chi connectivity index (χ1n) is 8.73. The molecule has 0 fully saturated rings. The van der Waals surface area contributed by atoms with E-state index in [4.69, 9.17) is 21.1 Å². The minimum atomic E-state index is -1.17. The van der Waals surface area contributed by atoms with Gasteiger partial charge in [0.25, 0.3) is 0 Å². The molecule has 0 unspecified atom stereocenters. The summed E-state index contributed by atoms with van der Waals surface area (Å²) >= 11 is 5.99. The van der Waals surface area contributed by atoms with Gasteiger partial charge in [-0.1, -0.05) is 38.3 Å². The molecule has 6 heteroatoms. The summed E-state index contributed by atoms with van der Waals surface area (Å²) < 4.78 is 53.9. The molecular weight excluding hydrogens is 365 g/mol. The molecule has 0 aromatic heterocycles. The molecule has 2 nitrogen and oxygen atoms in total. The SMILES string of the molecule is CCCCOc1ccc(-c2ccc(OCCCC)c(Cl)c2F)c(F)c1F. The van der Waals surface area contributed by atoms with Gasteiger partial charge in [0.1, 0.15) is 10.8 Å². The van der Waals surface area contributed by atoms with Crippen LogP contribution in [0.25, 0.3) is 11.1 Å². The summed E-state index contributed by atoms with van der Waals surface area (Å²) in [6.07, 6.45) is 3.33. The minimum Gasteiger partial charge on any atom is -0.492 e. The third-order valence-corrected chi connectivity index (χ3v) is 4.25. The Labute approximate surface area is 156 Å². The van der Waals surface area contributed by atoms with Gasteiger partial charge in [-0.05, 0) is 37.1 Å². The van der Waals surface area contributed by atoms with Crippen molar-refractivity contribution in [3.8, 4) is 22.6 Å². The van der Waals surface area contributed by atoms with Crippen molar-refractivity contribution < 1.29 is 22.6 Å². The summed E-state index contributed by atoms with van der Waals surface area (Å²) in [4.78, 5) is 0. The molecular formula is C20H22ClF3O2. The van der Waals surface area contributed by atoms with Crippen LogP contribution in [-0.2, 0) is 0 Å². The molecule has 0 saturated carbocycles. The maximum Gasteiger partial charge on any atom is 0.201 e. The first-order valence-corrected chi connectivity index (χ1v) is 9.11. The zero-order valence-corrected chi connectivity index (χ0v) is 15.6. The smallest absolute Gasteiger partial charge is 0.201 e. The van der Waals surface area contributed by atoms with Crippen molar-refractivity contribution in [1.29, 1.82) is 0 Å². The molecule has 0 radical (unpaired) electrons. The number of unbranched alkanes of at least 4 members (excludes halogenated alkanes) is 2. The molecule has 0 N–H and O–H groups in total. The Morgan fingerprint density at radius 2 is 1.23 bits per heavy atom. The second kappa shape index (κ2) is 9.72. The van der Waals surface area contributed by atoms with Crippen LogP contribution in [0.15, 0.2) is 24.3 Å². The van der Waals surface area contributed by atoms with Gasteiger partial charge in [0, 0.05) is 11.1 Å². The van der Waals surface area contributed by atoms with E-state index >= 15 is 0 Å². The number of hydrogen-bond donors (Lipinski definition) is 0. The van der Waals surface area contributed by atoms with Crippen LogP contribution < -0.4 is 9.47 Å². The van der Waals surface area contributed by atoms with Crippen LogP contribution in [0.4, 0.5) is 13.2 Å². The fourth-order valence-corrected chi connectivity index (χ4v) is 2.57. The fraction of sp³-hybridized carbons (Fsp3) is 0.400. The monoisotopic (exact) mass is 386 g/mol. The predicted molar refractivity (Wildman–Crippen MR) is 97.6 cm³/mol. The fourth-order valence-electron chi connectivity index (χ4n) is 2.36. The number of benzene rings is 2. The first-order chi connectivity index (χ1) is 12.5. The van der Waals surface area contributed by atoms with Crippen molar-refractivity contribution in [2.45, 2.75) is 39.5 Å². The van der Waals surface area contributed by atoms with Crippen LogP contribution in [0.5, 0.6) is 11.5 Å². The standard InChI is InChI=1S/C20H22ClF3O2/c1-3-5-11-25-15-9-7-13(18(22)17(15)21)14-8-10-16(20(24)19(14)23)26-12-6-4-2/h7-10H,3-6,11-12H2,1-2H3. The van der Waals surface area contributed by atoms with Gasteiger partial charge in [0.2, 0.25) is 5.82 Å². The Kier molecular flexibility index (Phi) is 7.64. The summed E-state index contributed by atoms with van der Waals surface area (Å²) in [7, 11) is 0. The molecule has 142 valence electrons. The zero-order valence-electron chi connectivity index (χ0n) is 14.9. The van der Waals surface area contributed by atoms with E-state index in [0.717, 1.165) is 25.7 Å². The molecule has 0 aliphatic heterocycles. The van der Waals surface area contributed by atoms with Crippen LogP contribution in [-0.4, -0.2) is 13.2 Å². The number of ether oxygens (including phenoxy) is 2. The molecule has 0 amide bonds. The van der Waals surface area contributed by atoms with E-state index < -0.39 is 17.5 Å². The van der Waals surface area contributed by atoms with E-state index in [1.54, 1.807) is 0 Å². The van der Waals surface area contributed by atoms with Crippen LogP contribution in [0.1, 0.15) is 39.5 Å². The maximum absolute atomic E-state index is 14.6. The highest BCUT2D eigenvalue weighted by atomic mass is 35.5. The van der Waals surface area contributed by atoms with Gasteiger partial charge >= 0.3 is 0 Å². The molecule has 26 heavy (non-hydrogen) atoms. The van der Waals surface area contributed by atoms with Crippen LogP contribution in [0, 0.1) is 17.5 Å². The second-order valence-corrected chi connectivity index (χ2v) is 6.26. The third-order valence-electron chi connectivity index (χ3n) is 3.89. The number of rotatable bonds is 9. The summed E-state index contributed by atoms with van der Waals surface area (Å²) in [5, 5.41) is -0.248. The molecule has 0 aliphatic rings. The summed E-state index contributed by atoms with van der Waals surface area (Å²) in [6, 6.07) is 5.37. The molecule has 2 aromatic carbocycles. The minimum absolute atomic E-state index is 0.130. The Hall–Kier alpha value is -1.88. The van der Waals surface area contributed by atoms with E-state index in [-0.39, 0.29) is 34.3 Å². The highest BCUT2D eigenvalue weighted by Crippen LogP contribution is 2.37. The van der Waals surface area contributed by atoms with Crippen molar-refractivity contribution in [2.75, 3.05) is 13.2 Å². The Bertz CT molecular complexity index is 687. The summed E-state index contributed by atoms with van der Waals surface area (Å²) in [5.41, 5.74) is -0.348. The van der Waals surface area contributed by atoms with Crippen LogP contribution in [0.2, 0.25) is 5.02 Å². The lowest BCUT2D eigenvalue weighted by molar-refractivity contribution is 0.289. The largest absolute Gasteiger partial charge is 0.492 e. The van der Waals surface area contributed by atoms with Gasteiger partial charge in [-0.3, -0.25) is 0 Å². The number of hydrogen-bond acceptors (Lipinski definition) is 2. The molecule has 0 heterocycles. The van der Waals surface area contributed by atoms with Crippen LogP contribution in [0.3, 0.4) is 0 Å². The van der Waals surface area contributed by atoms with E-state index in [2.05, 4.69) is 0 Å². The lowest BCUT2D eigenvalue weighted by Crippen LogP contribution is -2.02. The van der Waals surface area contributed by atoms with E-state index in [0.29, 0.717) is 6.61 Å². The van der Waals surface area contributed by atoms with Crippen molar-refractivity contribution in [3.63, 3.8) is 0 Å². The van der Waals surface area contributed by atoms with Gasteiger partial charge in [-0.2, -0.15) is 4.39 Å². The molecule has 2 aromatic rings. The molecule has 0 spiro atoms. The quantitative estimate of drug-likeness (QED) is 0.442. The Morgan fingerprint density at radius 1 is 0.731 bits per heavy atom. The topological polar surface area (TPSA) is 18.5 Å². The highest BCUT2D eigenvalue weighted by Gasteiger charge is 2.21. The zero-order chi connectivity index (χ0) is 19.1. The Morgan fingerprint density at radius 3 is 1.81 bits per heavy atom. The van der Waals surface area contributed by atoms with Gasteiger partial charge in [-0.15, -0.1) is 0 Å². The van der Waals surface area contributed by atoms with Crippen LogP contribution >= 0.6 is 11.6 Å². The Balaban J connectivity index is 2.30.